The predicted molar refractivity (Wildman–Crippen MR) is 81.2 cm³/mol. The third kappa shape index (κ3) is 2.84. The number of nitrogens with one attached hydrogen (secondary N) is 1. The van der Waals surface area contributed by atoms with Gasteiger partial charge in [0, 0.05) is 5.56 Å². The predicted octanol–water partition coefficient (Wildman–Crippen LogP) is 3.27. The van der Waals surface area contributed by atoms with E-state index in [1.165, 1.54) is 0 Å². The van der Waals surface area contributed by atoms with Gasteiger partial charge in [-0.1, -0.05) is 12.1 Å². The van der Waals surface area contributed by atoms with E-state index < -0.39 is 0 Å². The van der Waals surface area contributed by atoms with Gasteiger partial charge < -0.3 is 14.8 Å². The van der Waals surface area contributed by atoms with Crippen molar-refractivity contribution in [3.8, 4) is 11.5 Å². The van der Waals surface area contributed by atoms with Crippen molar-refractivity contribution in [3.05, 3.63) is 53.6 Å². The summed E-state index contributed by atoms with van der Waals surface area (Å²) in [6.07, 6.45) is 2.00. The summed E-state index contributed by atoms with van der Waals surface area (Å²) in [7, 11) is 1.60. The first kappa shape index (κ1) is 13.5. The number of para-hydroxylation sites is 1. The van der Waals surface area contributed by atoms with Gasteiger partial charge in [-0.3, -0.25) is 4.79 Å². The molecule has 0 fully saturated rings. The fraction of sp³-hybridized carbons (Fsp3) is 0.235. The zero-order valence-electron chi connectivity index (χ0n) is 11.9. The van der Waals surface area contributed by atoms with Crippen LogP contribution in [-0.4, -0.2) is 19.6 Å². The highest BCUT2D eigenvalue weighted by Gasteiger charge is 2.16. The van der Waals surface area contributed by atoms with E-state index >= 15 is 0 Å². The number of amides is 1. The smallest absolute Gasteiger partial charge is 0.255 e. The molecule has 108 valence electrons. The number of benzene rings is 2. The maximum Gasteiger partial charge on any atom is 0.255 e. The highest BCUT2D eigenvalue weighted by atomic mass is 16.5. The number of aryl methyl sites for hydroxylation is 1. The highest BCUT2D eigenvalue weighted by molar-refractivity contribution is 6.05. The van der Waals surface area contributed by atoms with E-state index in [-0.39, 0.29) is 5.91 Å². The quantitative estimate of drug-likeness (QED) is 0.940. The largest absolute Gasteiger partial charge is 0.497 e. The SMILES string of the molecule is COc1ccc(C(=O)Nc2cccc3c2OCCC3)cc1. The van der Waals surface area contributed by atoms with E-state index in [0.717, 1.165) is 35.6 Å². The standard InChI is InChI=1S/C17H17NO3/c1-20-14-9-7-13(8-10-14)17(19)18-15-6-2-4-12-5-3-11-21-16(12)15/h2,4,6-10H,3,5,11H2,1H3,(H,18,19). The lowest BCUT2D eigenvalue weighted by Gasteiger charge is -2.20. The average molecular weight is 283 g/mol. The molecule has 4 nitrogen and oxygen atoms in total. The first-order chi connectivity index (χ1) is 10.3. The van der Waals surface area contributed by atoms with Crippen molar-refractivity contribution >= 4 is 11.6 Å². The van der Waals surface area contributed by atoms with Gasteiger partial charge in [0.1, 0.15) is 11.5 Å². The van der Waals surface area contributed by atoms with Crippen molar-refractivity contribution < 1.29 is 14.3 Å². The molecule has 1 heterocycles. The van der Waals surface area contributed by atoms with E-state index in [4.69, 9.17) is 9.47 Å². The molecule has 0 saturated heterocycles. The number of carbonyl (C=O) groups excluding carboxylic acids is 1. The van der Waals surface area contributed by atoms with Crippen molar-refractivity contribution in [2.45, 2.75) is 12.8 Å². The second-order valence-corrected chi connectivity index (χ2v) is 4.93. The monoisotopic (exact) mass is 283 g/mol. The topological polar surface area (TPSA) is 47.6 Å². The summed E-state index contributed by atoms with van der Waals surface area (Å²) in [5.74, 6) is 1.37. The second-order valence-electron chi connectivity index (χ2n) is 4.93. The Morgan fingerprint density at radius 1 is 1.19 bits per heavy atom. The van der Waals surface area contributed by atoms with E-state index in [2.05, 4.69) is 5.32 Å². The third-order valence-corrected chi connectivity index (χ3v) is 3.53. The molecule has 0 spiro atoms. The van der Waals surface area contributed by atoms with Gasteiger partial charge in [0.05, 0.1) is 19.4 Å². The lowest BCUT2D eigenvalue weighted by atomic mass is 10.1. The number of fused-ring (bicyclic) bond motifs is 1. The average Bonchev–Trinajstić information content (AvgIpc) is 2.55. The number of rotatable bonds is 3. The van der Waals surface area contributed by atoms with E-state index in [1.54, 1.807) is 31.4 Å². The number of methoxy groups -OCH3 is 1. The molecule has 0 saturated carbocycles. The first-order valence-electron chi connectivity index (χ1n) is 6.98. The highest BCUT2D eigenvalue weighted by Crippen LogP contribution is 2.33. The molecule has 1 aliphatic rings. The minimum atomic E-state index is -0.153. The minimum Gasteiger partial charge on any atom is -0.497 e. The van der Waals surface area contributed by atoms with E-state index in [1.807, 2.05) is 18.2 Å². The Hall–Kier alpha value is -2.49. The zero-order chi connectivity index (χ0) is 14.7. The Morgan fingerprint density at radius 2 is 2.00 bits per heavy atom. The molecule has 2 aromatic rings. The summed E-state index contributed by atoms with van der Waals surface area (Å²) in [6.45, 7) is 0.697. The molecule has 0 unspecified atom stereocenters. The Balaban J connectivity index is 1.81. The van der Waals surface area contributed by atoms with Gasteiger partial charge in [-0.2, -0.15) is 0 Å². The van der Waals surface area contributed by atoms with Crippen molar-refractivity contribution in [2.75, 3.05) is 19.0 Å². The van der Waals surface area contributed by atoms with Crippen LogP contribution in [-0.2, 0) is 6.42 Å². The summed E-state index contributed by atoms with van der Waals surface area (Å²) in [5.41, 5.74) is 2.46. The molecule has 0 atom stereocenters. The molecule has 21 heavy (non-hydrogen) atoms. The van der Waals surface area contributed by atoms with Gasteiger partial charge in [0.2, 0.25) is 0 Å². The maximum atomic E-state index is 12.3. The van der Waals surface area contributed by atoms with Crippen LogP contribution in [0.3, 0.4) is 0 Å². The third-order valence-electron chi connectivity index (χ3n) is 3.53. The van der Waals surface area contributed by atoms with Crippen molar-refractivity contribution in [3.63, 3.8) is 0 Å². The molecular weight excluding hydrogens is 266 g/mol. The Morgan fingerprint density at radius 3 is 2.76 bits per heavy atom. The maximum absolute atomic E-state index is 12.3. The van der Waals surface area contributed by atoms with Gasteiger partial charge in [-0.05, 0) is 48.7 Å². The van der Waals surface area contributed by atoms with E-state index in [0.29, 0.717) is 12.2 Å². The number of hydrogen-bond donors (Lipinski definition) is 1. The van der Waals surface area contributed by atoms with Crippen LogP contribution in [0.5, 0.6) is 11.5 Å². The zero-order valence-corrected chi connectivity index (χ0v) is 11.9. The minimum absolute atomic E-state index is 0.153. The van der Waals surface area contributed by atoms with Crippen LogP contribution in [0.1, 0.15) is 22.3 Å². The lowest BCUT2D eigenvalue weighted by molar-refractivity contribution is 0.102. The van der Waals surface area contributed by atoms with Gasteiger partial charge in [0.25, 0.3) is 5.91 Å². The van der Waals surface area contributed by atoms with Crippen LogP contribution >= 0.6 is 0 Å². The molecule has 0 aliphatic carbocycles. The van der Waals surface area contributed by atoms with Crippen molar-refractivity contribution in [1.29, 1.82) is 0 Å². The number of hydrogen-bond acceptors (Lipinski definition) is 3. The van der Waals surface area contributed by atoms with Crippen molar-refractivity contribution in [1.82, 2.24) is 0 Å². The summed E-state index contributed by atoms with van der Waals surface area (Å²) in [5, 5.41) is 2.92. The fourth-order valence-corrected chi connectivity index (χ4v) is 2.42. The van der Waals surface area contributed by atoms with Crippen LogP contribution in [0.25, 0.3) is 0 Å². The van der Waals surface area contributed by atoms with Crippen LogP contribution in [0.15, 0.2) is 42.5 Å². The summed E-state index contributed by atoms with van der Waals surface area (Å²) in [4.78, 5) is 12.3. The normalized spacial score (nSPS) is 13.0. The molecule has 0 radical (unpaired) electrons. The lowest BCUT2D eigenvalue weighted by Crippen LogP contribution is -2.15. The number of ether oxygens (including phenoxy) is 2. The Bertz CT molecular complexity index is 650. The Kier molecular flexibility index (Phi) is 3.77. The summed E-state index contributed by atoms with van der Waals surface area (Å²) < 4.78 is 10.8. The molecule has 3 rings (SSSR count). The summed E-state index contributed by atoms with van der Waals surface area (Å²) in [6, 6.07) is 12.9. The van der Waals surface area contributed by atoms with Gasteiger partial charge in [-0.15, -0.1) is 0 Å². The molecular formula is C17H17NO3. The van der Waals surface area contributed by atoms with Gasteiger partial charge in [0.15, 0.2) is 0 Å². The summed E-state index contributed by atoms with van der Waals surface area (Å²) >= 11 is 0. The number of anilines is 1. The molecule has 4 heteroatoms. The molecule has 1 amide bonds. The van der Waals surface area contributed by atoms with Crippen molar-refractivity contribution in [2.24, 2.45) is 0 Å². The molecule has 1 N–H and O–H groups in total. The number of carbonyl (C=O) groups is 1. The molecule has 1 aliphatic heterocycles. The molecule has 0 aromatic heterocycles. The van der Waals surface area contributed by atoms with Gasteiger partial charge in [-0.25, -0.2) is 0 Å². The van der Waals surface area contributed by atoms with Crippen LogP contribution in [0.4, 0.5) is 5.69 Å². The first-order valence-corrected chi connectivity index (χ1v) is 6.98. The van der Waals surface area contributed by atoms with Crippen LogP contribution < -0.4 is 14.8 Å². The fourth-order valence-electron chi connectivity index (χ4n) is 2.42. The van der Waals surface area contributed by atoms with E-state index in [9.17, 15) is 4.79 Å². The second kappa shape index (κ2) is 5.87. The van der Waals surface area contributed by atoms with Crippen LogP contribution in [0.2, 0.25) is 0 Å². The van der Waals surface area contributed by atoms with Gasteiger partial charge >= 0.3 is 0 Å². The van der Waals surface area contributed by atoms with Crippen LogP contribution in [0, 0.1) is 0 Å². The Labute approximate surface area is 123 Å². The molecule has 2 aromatic carbocycles. The molecule has 0 bridgehead atoms.